The Morgan fingerprint density at radius 2 is 1.83 bits per heavy atom. The average Bonchev–Trinajstić information content (AvgIpc) is 2.56. The van der Waals surface area contributed by atoms with Crippen molar-refractivity contribution < 1.29 is 8.78 Å². The molecular formula is C12H10BrClF2N2. The van der Waals surface area contributed by atoms with Crippen molar-refractivity contribution in [1.29, 1.82) is 0 Å². The number of benzene rings is 1. The first kappa shape index (κ1) is 13.5. The summed E-state index contributed by atoms with van der Waals surface area (Å²) in [7, 11) is 0. The third-order valence-corrected chi connectivity index (χ3v) is 4.10. The van der Waals surface area contributed by atoms with Crippen LogP contribution in [0.3, 0.4) is 0 Å². The molecule has 1 aromatic heterocycles. The van der Waals surface area contributed by atoms with Crippen molar-refractivity contribution in [3.8, 4) is 5.69 Å². The number of aryl methyl sites for hydroxylation is 1. The first-order valence-electron chi connectivity index (χ1n) is 5.21. The third-order valence-electron chi connectivity index (χ3n) is 2.65. The lowest BCUT2D eigenvalue weighted by Gasteiger charge is -2.08. The van der Waals surface area contributed by atoms with E-state index in [1.54, 1.807) is 13.8 Å². The molecule has 18 heavy (non-hydrogen) atoms. The Morgan fingerprint density at radius 3 is 2.22 bits per heavy atom. The fourth-order valence-corrected chi connectivity index (χ4v) is 2.14. The van der Waals surface area contributed by atoms with E-state index in [0.717, 1.165) is 4.47 Å². The van der Waals surface area contributed by atoms with E-state index in [9.17, 15) is 8.78 Å². The van der Waals surface area contributed by atoms with Crippen molar-refractivity contribution in [3.63, 3.8) is 0 Å². The summed E-state index contributed by atoms with van der Waals surface area (Å²) in [5, 5.41) is 4.11. The van der Waals surface area contributed by atoms with Gasteiger partial charge in [-0.25, -0.2) is 13.5 Å². The monoisotopic (exact) mass is 334 g/mol. The van der Waals surface area contributed by atoms with Crippen molar-refractivity contribution in [1.82, 2.24) is 9.78 Å². The van der Waals surface area contributed by atoms with E-state index >= 15 is 0 Å². The first-order chi connectivity index (χ1) is 8.45. The van der Waals surface area contributed by atoms with Gasteiger partial charge in [-0.2, -0.15) is 5.10 Å². The maximum Gasteiger partial charge on any atom is 0.152 e. The second-order valence-electron chi connectivity index (χ2n) is 3.94. The number of aromatic nitrogens is 2. The minimum Gasteiger partial charge on any atom is -0.231 e. The summed E-state index contributed by atoms with van der Waals surface area (Å²) in [5.41, 5.74) is 1.53. The molecule has 0 N–H and O–H groups in total. The zero-order valence-corrected chi connectivity index (χ0v) is 12.1. The molecule has 0 fully saturated rings. The summed E-state index contributed by atoms with van der Waals surface area (Å²) in [4.78, 5) is 0. The fraction of sp³-hybridized carbons (Fsp3) is 0.250. The molecule has 0 unspecified atom stereocenters. The maximum atomic E-state index is 13.9. The highest BCUT2D eigenvalue weighted by Gasteiger charge is 2.18. The molecule has 1 aromatic carbocycles. The number of hydrogen-bond donors (Lipinski definition) is 0. The molecular weight excluding hydrogens is 325 g/mol. The predicted molar refractivity (Wildman–Crippen MR) is 70.2 cm³/mol. The highest BCUT2D eigenvalue weighted by atomic mass is 79.9. The van der Waals surface area contributed by atoms with Gasteiger partial charge in [0, 0.05) is 5.88 Å². The van der Waals surface area contributed by atoms with Gasteiger partial charge in [-0.05, 0) is 47.5 Å². The fourth-order valence-electron chi connectivity index (χ4n) is 1.74. The maximum absolute atomic E-state index is 13.9. The zero-order chi connectivity index (χ0) is 13.4. The summed E-state index contributed by atoms with van der Waals surface area (Å²) >= 11 is 8.89. The molecule has 2 aromatic rings. The average molecular weight is 336 g/mol. The van der Waals surface area contributed by atoms with Crippen LogP contribution in [-0.4, -0.2) is 9.78 Å². The standard InChI is InChI=1S/C12H10BrClF2N2/c1-6-11(13)7(2)18(17-6)12-9(15)3-8(5-14)4-10(12)16/h3-4H,5H2,1-2H3. The van der Waals surface area contributed by atoms with E-state index < -0.39 is 11.6 Å². The van der Waals surface area contributed by atoms with Crippen molar-refractivity contribution in [2.75, 3.05) is 0 Å². The second-order valence-corrected chi connectivity index (χ2v) is 5.00. The largest absolute Gasteiger partial charge is 0.231 e. The molecule has 6 heteroatoms. The summed E-state index contributed by atoms with van der Waals surface area (Å²) < 4.78 is 29.9. The number of nitrogens with zero attached hydrogens (tertiary/aromatic N) is 2. The van der Waals surface area contributed by atoms with Gasteiger partial charge in [0.2, 0.25) is 0 Å². The number of halogens is 4. The first-order valence-corrected chi connectivity index (χ1v) is 6.54. The number of hydrogen-bond acceptors (Lipinski definition) is 1. The van der Waals surface area contributed by atoms with Crippen LogP contribution in [-0.2, 0) is 5.88 Å². The summed E-state index contributed by atoms with van der Waals surface area (Å²) in [6.45, 7) is 3.49. The third kappa shape index (κ3) is 2.17. The second kappa shape index (κ2) is 4.97. The van der Waals surface area contributed by atoms with Gasteiger partial charge in [0.05, 0.1) is 15.9 Å². The lowest BCUT2D eigenvalue weighted by Crippen LogP contribution is -2.06. The SMILES string of the molecule is Cc1nn(-c2c(F)cc(CCl)cc2F)c(C)c1Br. The molecule has 96 valence electrons. The topological polar surface area (TPSA) is 17.8 Å². The highest BCUT2D eigenvalue weighted by molar-refractivity contribution is 9.10. The normalized spacial score (nSPS) is 11.0. The molecule has 0 bridgehead atoms. The van der Waals surface area contributed by atoms with Crippen LogP contribution in [0.5, 0.6) is 0 Å². The lowest BCUT2D eigenvalue weighted by molar-refractivity contribution is 0.555. The van der Waals surface area contributed by atoms with E-state index in [4.69, 9.17) is 11.6 Å². The minimum atomic E-state index is -0.677. The molecule has 0 amide bonds. The summed E-state index contributed by atoms with van der Waals surface area (Å²) in [6, 6.07) is 2.44. The van der Waals surface area contributed by atoms with E-state index in [1.807, 2.05) is 0 Å². The van der Waals surface area contributed by atoms with E-state index in [2.05, 4.69) is 21.0 Å². The van der Waals surface area contributed by atoms with Crippen LogP contribution in [0.2, 0.25) is 0 Å². The molecule has 2 rings (SSSR count). The van der Waals surface area contributed by atoms with Gasteiger partial charge in [0.25, 0.3) is 0 Å². The molecule has 2 nitrogen and oxygen atoms in total. The van der Waals surface area contributed by atoms with Crippen molar-refractivity contribution in [3.05, 3.63) is 45.2 Å². The molecule has 0 atom stereocenters. The Kier molecular flexibility index (Phi) is 3.73. The Labute approximate surface area is 117 Å². The highest BCUT2D eigenvalue weighted by Crippen LogP contribution is 2.26. The minimum absolute atomic E-state index is 0.0644. The molecule has 0 spiro atoms. The predicted octanol–water partition coefficient (Wildman–Crippen LogP) is 4.27. The van der Waals surface area contributed by atoms with E-state index in [1.165, 1.54) is 16.8 Å². The zero-order valence-electron chi connectivity index (χ0n) is 9.77. The number of alkyl halides is 1. The molecule has 0 saturated heterocycles. The van der Waals surface area contributed by atoms with Crippen molar-refractivity contribution >= 4 is 27.5 Å². The van der Waals surface area contributed by atoms with Gasteiger partial charge in [-0.3, -0.25) is 0 Å². The van der Waals surface area contributed by atoms with Crippen molar-refractivity contribution in [2.45, 2.75) is 19.7 Å². The van der Waals surface area contributed by atoms with Crippen LogP contribution in [0.1, 0.15) is 17.0 Å². The van der Waals surface area contributed by atoms with Crippen molar-refractivity contribution in [2.24, 2.45) is 0 Å². The Bertz CT molecular complexity index is 587. The van der Waals surface area contributed by atoms with E-state index in [-0.39, 0.29) is 11.6 Å². The Morgan fingerprint density at radius 1 is 1.28 bits per heavy atom. The molecule has 1 heterocycles. The lowest BCUT2D eigenvalue weighted by atomic mass is 10.2. The van der Waals surface area contributed by atoms with Gasteiger partial charge in [0.1, 0.15) is 5.69 Å². The quantitative estimate of drug-likeness (QED) is 0.750. The van der Waals surface area contributed by atoms with Crippen LogP contribution < -0.4 is 0 Å². The van der Waals surface area contributed by atoms with Gasteiger partial charge in [-0.1, -0.05) is 0 Å². The molecule has 0 aliphatic rings. The van der Waals surface area contributed by atoms with Gasteiger partial charge in [-0.15, -0.1) is 11.6 Å². The molecule has 0 saturated carbocycles. The molecule has 0 aliphatic heterocycles. The van der Waals surface area contributed by atoms with Crippen LogP contribution in [0.15, 0.2) is 16.6 Å². The smallest absolute Gasteiger partial charge is 0.152 e. The van der Waals surface area contributed by atoms with Gasteiger partial charge in [0.15, 0.2) is 11.6 Å². The molecule has 0 aliphatic carbocycles. The summed E-state index contributed by atoms with van der Waals surface area (Å²) in [6.07, 6.45) is 0. The van der Waals surface area contributed by atoms with Crippen LogP contribution in [0, 0.1) is 25.5 Å². The number of rotatable bonds is 2. The van der Waals surface area contributed by atoms with Crippen LogP contribution >= 0.6 is 27.5 Å². The van der Waals surface area contributed by atoms with E-state index in [0.29, 0.717) is 17.0 Å². The van der Waals surface area contributed by atoms with Gasteiger partial charge < -0.3 is 0 Å². The Balaban J connectivity index is 2.67. The van der Waals surface area contributed by atoms with Crippen LogP contribution in [0.25, 0.3) is 5.69 Å². The van der Waals surface area contributed by atoms with Gasteiger partial charge >= 0.3 is 0 Å². The molecule has 0 radical (unpaired) electrons. The van der Waals surface area contributed by atoms with Crippen LogP contribution in [0.4, 0.5) is 8.78 Å². The summed E-state index contributed by atoms with van der Waals surface area (Å²) in [5.74, 6) is -1.29. The Hall–Kier alpha value is -0.940.